The summed E-state index contributed by atoms with van der Waals surface area (Å²) < 4.78 is 13.8. The van der Waals surface area contributed by atoms with E-state index in [9.17, 15) is 9.18 Å². The normalized spacial score (nSPS) is 21.4. The number of halogens is 2. The molecule has 1 heterocycles. The SMILES string of the molecule is CN1CCN(C2(CNC(=O)c3ccccc3F)CCCCC2)CC1.Cl. The molecule has 2 aliphatic rings. The number of rotatable bonds is 4. The van der Waals surface area contributed by atoms with Gasteiger partial charge in [-0.2, -0.15) is 0 Å². The van der Waals surface area contributed by atoms with Crippen molar-refractivity contribution in [3.63, 3.8) is 0 Å². The van der Waals surface area contributed by atoms with Gasteiger partial charge >= 0.3 is 0 Å². The number of carbonyl (C=O) groups excluding carboxylic acids is 1. The summed E-state index contributed by atoms with van der Waals surface area (Å²) in [5.74, 6) is -0.750. The Morgan fingerprint density at radius 2 is 1.76 bits per heavy atom. The Hall–Kier alpha value is -1.17. The molecule has 0 atom stereocenters. The van der Waals surface area contributed by atoms with Crippen LogP contribution in [-0.4, -0.2) is 61.0 Å². The third kappa shape index (κ3) is 4.72. The van der Waals surface area contributed by atoms with Gasteiger partial charge in [-0.25, -0.2) is 4.39 Å². The molecule has 0 radical (unpaired) electrons. The molecular formula is C19H29ClFN3O. The number of nitrogens with zero attached hydrogens (tertiary/aromatic N) is 2. The van der Waals surface area contributed by atoms with Gasteiger partial charge in [0.2, 0.25) is 0 Å². The summed E-state index contributed by atoms with van der Waals surface area (Å²) in [5, 5.41) is 3.02. The molecule has 1 aromatic carbocycles. The van der Waals surface area contributed by atoms with Crippen molar-refractivity contribution in [2.75, 3.05) is 39.8 Å². The summed E-state index contributed by atoms with van der Waals surface area (Å²) in [6.45, 7) is 4.86. The van der Waals surface area contributed by atoms with Gasteiger partial charge < -0.3 is 10.2 Å². The number of nitrogens with one attached hydrogen (secondary N) is 1. The lowest BCUT2D eigenvalue weighted by atomic mass is 9.79. The zero-order valence-electron chi connectivity index (χ0n) is 15.0. The zero-order chi connectivity index (χ0) is 17.0. The molecule has 0 aromatic heterocycles. The number of benzene rings is 1. The topological polar surface area (TPSA) is 35.6 Å². The van der Waals surface area contributed by atoms with E-state index in [2.05, 4.69) is 22.2 Å². The summed E-state index contributed by atoms with van der Waals surface area (Å²) in [5.41, 5.74) is 0.183. The lowest BCUT2D eigenvalue weighted by Crippen LogP contribution is -2.61. The maximum atomic E-state index is 13.8. The number of carbonyl (C=O) groups is 1. The van der Waals surface area contributed by atoms with Gasteiger partial charge in [0.15, 0.2) is 0 Å². The first-order chi connectivity index (χ1) is 11.6. The zero-order valence-corrected chi connectivity index (χ0v) is 15.8. The standard InChI is InChI=1S/C19H28FN3O.ClH/c1-22-11-13-23(14-12-22)19(9-5-2-6-10-19)15-21-18(24)16-7-3-4-8-17(16)20;/h3-4,7-8H,2,5-6,9-15H2,1H3,(H,21,24);1H. The first-order valence-electron chi connectivity index (χ1n) is 9.07. The van der Waals surface area contributed by atoms with Crippen molar-refractivity contribution in [1.82, 2.24) is 15.1 Å². The quantitative estimate of drug-likeness (QED) is 0.886. The molecule has 140 valence electrons. The van der Waals surface area contributed by atoms with Crippen molar-refractivity contribution in [2.24, 2.45) is 0 Å². The van der Waals surface area contributed by atoms with E-state index in [4.69, 9.17) is 0 Å². The van der Waals surface area contributed by atoms with Gasteiger partial charge in [0.25, 0.3) is 5.91 Å². The van der Waals surface area contributed by atoms with Crippen LogP contribution in [0.3, 0.4) is 0 Å². The minimum Gasteiger partial charge on any atom is -0.350 e. The maximum Gasteiger partial charge on any atom is 0.254 e. The molecule has 2 fully saturated rings. The summed E-state index contributed by atoms with van der Waals surface area (Å²) in [7, 11) is 2.16. The summed E-state index contributed by atoms with van der Waals surface area (Å²) >= 11 is 0. The van der Waals surface area contributed by atoms with Crippen molar-refractivity contribution >= 4 is 18.3 Å². The molecule has 4 nitrogen and oxygen atoms in total. The molecule has 25 heavy (non-hydrogen) atoms. The maximum absolute atomic E-state index is 13.8. The lowest BCUT2D eigenvalue weighted by molar-refractivity contribution is 0.0138. The van der Waals surface area contributed by atoms with Crippen LogP contribution in [-0.2, 0) is 0 Å². The van der Waals surface area contributed by atoms with Crippen LogP contribution in [0.25, 0.3) is 0 Å². The van der Waals surface area contributed by atoms with Crippen molar-refractivity contribution in [1.29, 1.82) is 0 Å². The van der Waals surface area contributed by atoms with E-state index in [0.29, 0.717) is 6.54 Å². The molecule has 0 unspecified atom stereocenters. The van der Waals surface area contributed by atoms with Crippen LogP contribution in [0.15, 0.2) is 24.3 Å². The predicted octanol–water partition coefficient (Wildman–Crippen LogP) is 2.93. The third-order valence-corrected chi connectivity index (χ3v) is 5.65. The van der Waals surface area contributed by atoms with E-state index in [-0.39, 0.29) is 29.4 Å². The van der Waals surface area contributed by atoms with E-state index in [1.165, 1.54) is 25.3 Å². The summed E-state index contributed by atoms with van der Waals surface area (Å²) in [4.78, 5) is 17.3. The van der Waals surface area contributed by atoms with Crippen LogP contribution in [0.4, 0.5) is 4.39 Å². The highest BCUT2D eigenvalue weighted by Crippen LogP contribution is 2.34. The molecule has 1 aromatic rings. The number of hydrogen-bond donors (Lipinski definition) is 1. The smallest absolute Gasteiger partial charge is 0.254 e. The van der Waals surface area contributed by atoms with Crippen LogP contribution in [0.1, 0.15) is 42.5 Å². The number of hydrogen-bond acceptors (Lipinski definition) is 3. The minimum absolute atomic E-state index is 0. The molecule has 1 saturated carbocycles. The molecule has 1 amide bonds. The number of piperazine rings is 1. The lowest BCUT2D eigenvalue weighted by Gasteiger charge is -2.49. The van der Waals surface area contributed by atoms with Crippen molar-refractivity contribution < 1.29 is 9.18 Å². The minimum atomic E-state index is -0.452. The Balaban J connectivity index is 0.00000225. The van der Waals surface area contributed by atoms with Crippen LogP contribution in [0, 0.1) is 5.82 Å². The summed E-state index contributed by atoms with van der Waals surface area (Å²) in [6, 6.07) is 6.20. The van der Waals surface area contributed by atoms with Gasteiger partial charge in [0.05, 0.1) is 5.56 Å². The fraction of sp³-hybridized carbons (Fsp3) is 0.632. The van der Waals surface area contributed by atoms with Gasteiger partial charge in [0, 0.05) is 38.3 Å². The molecule has 1 saturated heterocycles. The second-order valence-corrected chi connectivity index (χ2v) is 7.24. The Morgan fingerprint density at radius 1 is 1.12 bits per heavy atom. The van der Waals surface area contributed by atoms with Gasteiger partial charge in [-0.15, -0.1) is 12.4 Å². The molecule has 1 aliphatic carbocycles. The highest BCUT2D eigenvalue weighted by Gasteiger charge is 2.39. The van der Waals surface area contributed by atoms with Crippen LogP contribution >= 0.6 is 12.4 Å². The van der Waals surface area contributed by atoms with E-state index in [0.717, 1.165) is 39.0 Å². The molecule has 1 N–H and O–H groups in total. The van der Waals surface area contributed by atoms with Crippen LogP contribution in [0.5, 0.6) is 0 Å². The van der Waals surface area contributed by atoms with Crippen molar-refractivity contribution in [3.05, 3.63) is 35.6 Å². The Kier molecular flexibility index (Phi) is 7.23. The molecule has 3 rings (SSSR count). The van der Waals surface area contributed by atoms with E-state index in [1.54, 1.807) is 18.2 Å². The van der Waals surface area contributed by atoms with Gasteiger partial charge in [-0.05, 0) is 32.0 Å². The fourth-order valence-corrected chi connectivity index (χ4v) is 4.08. The Morgan fingerprint density at radius 3 is 2.40 bits per heavy atom. The largest absolute Gasteiger partial charge is 0.350 e. The average molecular weight is 370 g/mol. The highest BCUT2D eigenvalue weighted by atomic mass is 35.5. The molecule has 0 bridgehead atoms. The average Bonchev–Trinajstić information content (AvgIpc) is 2.61. The summed E-state index contributed by atoms with van der Waals surface area (Å²) in [6.07, 6.45) is 5.93. The Labute approximate surface area is 156 Å². The van der Waals surface area contributed by atoms with E-state index < -0.39 is 5.82 Å². The third-order valence-electron chi connectivity index (χ3n) is 5.65. The van der Waals surface area contributed by atoms with E-state index >= 15 is 0 Å². The van der Waals surface area contributed by atoms with Gasteiger partial charge in [-0.1, -0.05) is 31.4 Å². The molecule has 1 aliphatic heterocycles. The monoisotopic (exact) mass is 369 g/mol. The second-order valence-electron chi connectivity index (χ2n) is 7.24. The first kappa shape index (κ1) is 20.1. The van der Waals surface area contributed by atoms with Crippen LogP contribution in [0.2, 0.25) is 0 Å². The molecule has 6 heteroatoms. The highest BCUT2D eigenvalue weighted by molar-refractivity contribution is 5.94. The van der Waals surface area contributed by atoms with Crippen molar-refractivity contribution in [2.45, 2.75) is 37.6 Å². The number of likely N-dealkylation sites (N-methyl/N-ethyl adjacent to an activating group) is 1. The van der Waals surface area contributed by atoms with E-state index in [1.807, 2.05) is 0 Å². The van der Waals surface area contributed by atoms with Crippen LogP contribution < -0.4 is 5.32 Å². The molecule has 0 spiro atoms. The second kappa shape index (κ2) is 8.97. The van der Waals surface area contributed by atoms with Gasteiger partial charge in [0.1, 0.15) is 5.82 Å². The molecular weight excluding hydrogens is 341 g/mol. The number of amides is 1. The fourth-order valence-electron chi connectivity index (χ4n) is 4.08. The van der Waals surface area contributed by atoms with Crippen molar-refractivity contribution in [3.8, 4) is 0 Å². The first-order valence-corrected chi connectivity index (χ1v) is 9.07. The predicted molar refractivity (Wildman–Crippen MR) is 101 cm³/mol. The van der Waals surface area contributed by atoms with Gasteiger partial charge in [-0.3, -0.25) is 9.69 Å². The Bertz CT molecular complexity index is 570.